The van der Waals surface area contributed by atoms with Crippen molar-refractivity contribution in [3.05, 3.63) is 82.4 Å². The van der Waals surface area contributed by atoms with Crippen LogP contribution in [-0.4, -0.2) is 16.9 Å². The van der Waals surface area contributed by atoms with E-state index >= 15 is 0 Å². The summed E-state index contributed by atoms with van der Waals surface area (Å²) in [6.07, 6.45) is 0. The van der Waals surface area contributed by atoms with Gasteiger partial charge in [0.25, 0.3) is 0 Å². The smallest absolute Gasteiger partial charge is 0.336 e. The van der Waals surface area contributed by atoms with Gasteiger partial charge in [0.1, 0.15) is 0 Å². The first-order valence-corrected chi connectivity index (χ1v) is 7.36. The number of hydrogen-bond acceptors (Lipinski definition) is 2. The van der Waals surface area contributed by atoms with Gasteiger partial charge in [-0.25, -0.2) is 4.79 Å². The molecule has 0 fully saturated rings. The van der Waals surface area contributed by atoms with Crippen molar-refractivity contribution in [2.75, 3.05) is 0 Å². The summed E-state index contributed by atoms with van der Waals surface area (Å²) in [5.74, 6) is -1.35. The molecule has 0 spiro atoms. The Kier molecular flexibility index (Phi) is 3.70. The third-order valence-electron chi connectivity index (χ3n) is 4.14. The van der Waals surface area contributed by atoms with Crippen molar-refractivity contribution >= 4 is 22.5 Å². The molecule has 114 valence electrons. The number of aryl methyl sites for hydroxylation is 2. The molecule has 23 heavy (non-hydrogen) atoms. The average Bonchev–Trinajstić information content (AvgIpc) is 2.55. The number of ketones is 1. The number of benzene rings is 3. The molecule has 0 saturated carbocycles. The van der Waals surface area contributed by atoms with Crippen molar-refractivity contribution in [2.45, 2.75) is 13.8 Å². The summed E-state index contributed by atoms with van der Waals surface area (Å²) in [7, 11) is 0. The van der Waals surface area contributed by atoms with Gasteiger partial charge in [0.15, 0.2) is 5.78 Å². The van der Waals surface area contributed by atoms with Crippen LogP contribution in [0, 0.1) is 13.8 Å². The molecule has 0 aliphatic rings. The largest absolute Gasteiger partial charge is 0.478 e. The molecule has 3 nitrogen and oxygen atoms in total. The van der Waals surface area contributed by atoms with Crippen LogP contribution in [0.25, 0.3) is 10.8 Å². The number of aromatic carboxylic acids is 1. The molecule has 0 radical (unpaired) electrons. The normalized spacial score (nSPS) is 10.7. The number of carboxylic acids is 1. The molecule has 3 aromatic rings. The van der Waals surface area contributed by atoms with Crippen molar-refractivity contribution in [3.8, 4) is 0 Å². The molecule has 0 amide bonds. The van der Waals surface area contributed by atoms with E-state index in [2.05, 4.69) is 0 Å². The van der Waals surface area contributed by atoms with Gasteiger partial charge in [-0.15, -0.1) is 0 Å². The van der Waals surface area contributed by atoms with Crippen LogP contribution >= 0.6 is 0 Å². The van der Waals surface area contributed by atoms with E-state index in [-0.39, 0.29) is 16.9 Å². The van der Waals surface area contributed by atoms with Gasteiger partial charge in [0, 0.05) is 11.1 Å². The van der Waals surface area contributed by atoms with Gasteiger partial charge in [-0.1, -0.05) is 42.5 Å². The Bertz CT molecular complexity index is 934. The summed E-state index contributed by atoms with van der Waals surface area (Å²) < 4.78 is 0. The highest BCUT2D eigenvalue weighted by atomic mass is 16.4. The molecule has 0 atom stereocenters. The van der Waals surface area contributed by atoms with E-state index < -0.39 is 5.97 Å². The fraction of sp³-hybridized carbons (Fsp3) is 0.100. The lowest BCUT2D eigenvalue weighted by atomic mass is 9.92. The standard InChI is InChI=1S/C20H16O3/c1-12-10-17(18(20(22)23)11-13(12)2)19(21)16-9-5-7-14-6-3-4-8-15(14)16/h3-11H,1-2H3,(H,22,23). The van der Waals surface area contributed by atoms with Gasteiger partial charge in [0.05, 0.1) is 5.56 Å². The second kappa shape index (κ2) is 5.69. The molecular weight excluding hydrogens is 288 g/mol. The number of carbonyl (C=O) groups excluding carboxylic acids is 1. The van der Waals surface area contributed by atoms with Gasteiger partial charge in [-0.2, -0.15) is 0 Å². The summed E-state index contributed by atoms with van der Waals surface area (Å²) in [6, 6.07) is 16.3. The molecule has 0 aromatic heterocycles. The number of hydrogen-bond donors (Lipinski definition) is 1. The van der Waals surface area contributed by atoms with E-state index in [0.29, 0.717) is 5.56 Å². The predicted molar refractivity (Wildman–Crippen MR) is 90.3 cm³/mol. The number of fused-ring (bicyclic) bond motifs is 1. The maximum absolute atomic E-state index is 13.0. The van der Waals surface area contributed by atoms with Crippen LogP contribution in [0.1, 0.15) is 37.4 Å². The van der Waals surface area contributed by atoms with Crippen LogP contribution in [0.2, 0.25) is 0 Å². The zero-order valence-electron chi connectivity index (χ0n) is 13.0. The van der Waals surface area contributed by atoms with E-state index in [1.165, 1.54) is 0 Å². The lowest BCUT2D eigenvalue weighted by molar-refractivity contribution is 0.0692. The van der Waals surface area contributed by atoms with Crippen LogP contribution < -0.4 is 0 Å². The maximum atomic E-state index is 13.0. The summed E-state index contributed by atoms with van der Waals surface area (Å²) >= 11 is 0. The molecule has 3 heteroatoms. The monoisotopic (exact) mass is 304 g/mol. The van der Waals surface area contributed by atoms with Gasteiger partial charge < -0.3 is 5.11 Å². The molecule has 0 aliphatic heterocycles. The number of carbonyl (C=O) groups is 2. The van der Waals surface area contributed by atoms with Crippen molar-refractivity contribution in [1.29, 1.82) is 0 Å². The van der Waals surface area contributed by atoms with Crippen LogP contribution in [0.4, 0.5) is 0 Å². The Morgan fingerprint density at radius 2 is 1.39 bits per heavy atom. The number of rotatable bonds is 3. The Morgan fingerprint density at radius 3 is 2.09 bits per heavy atom. The Morgan fingerprint density at radius 1 is 0.783 bits per heavy atom. The molecule has 3 rings (SSSR count). The van der Waals surface area contributed by atoms with Crippen LogP contribution in [0.5, 0.6) is 0 Å². The Labute approximate surface area is 134 Å². The van der Waals surface area contributed by atoms with Gasteiger partial charge in [-0.3, -0.25) is 4.79 Å². The minimum absolute atomic E-state index is 0.0473. The van der Waals surface area contributed by atoms with Crippen LogP contribution in [-0.2, 0) is 0 Å². The second-order valence-electron chi connectivity index (χ2n) is 5.64. The number of carboxylic acid groups (broad SMARTS) is 1. The first kappa shape index (κ1) is 15.0. The highest BCUT2D eigenvalue weighted by Gasteiger charge is 2.20. The molecule has 0 bridgehead atoms. The average molecular weight is 304 g/mol. The lowest BCUT2D eigenvalue weighted by Crippen LogP contribution is -2.11. The molecular formula is C20H16O3. The summed E-state index contributed by atoms with van der Waals surface area (Å²) in [5.41, 5.74) is 2.56. The zero-order chi connectivity index (χ0) is 16.6. The SMILES string of the molecule is Cc1cc(C(=O)O)c(C(=O)c2cccc3ccccc23)cc1C. The lowest BCUT2D eigenvalue weighted by Gasteiger charge is -2.11. The molecule has 0 aliphatic carbocycles. The molecule has 1 N–H and O–H groups in total. The first-order valence-electron chi connectivity index (χ1n) is 7.36. The van der Waals surface area contributed by atoms with Crippen LogP contribution in [0.3, 0.4) is 0 Å². The van der Waals surface area contributed by atoms with Crippen molar-refractivity contribution in [3.63, 3.8) is 0 Å². The second-order valence-corrected chi connectivity index (χ2v) is 5.64. The van der Waals surface area contributed by atoms with E-state index in [9.17, 15) is 14.7 Å². The van der Waals surface area contributed by atoms with Crippen molar-refractivity contribution < 1.29 is 14.7 Å². The minimum Gasteiger partial charge on any atom is -0.478 e. The van der Waals surface area contributed by atoms with E-state index in [4.69, 9.17) is 0 Å². The third kappa shape index (κ3) is 2.61. The Balaban J connectivity index is 2.24. The summed E-state index contributed by atoms with van der Waals surface area (Å²) in [6.45, 7) is 3.72. The minimum atomic E-state index is -1.09. The zero-order valence-corrected chi connectivity index (χ0v) is 13.0. The van der Waals surface area contributed by atoms with E-state index in [1.807, 2.05) is 50.2 Å². The molecule has 0 saturated heterocycles. The van der Waals surface area contributed by atoms with Crippen molar-refractivity contribution in [1.82, 2.24) is 0 Å². The highest BCUT2D eigenvalue weighted by molar-refractivity contribution is 6.19. The molecule has 0 unspecified atom stereocenters. The first-order chi connectivity index (χ1) is 11.0. The van der Waals surface area contributed by atoms with Gasteiger partial charge >= 0.3 is 5.97 Å². The fourth-order valence-corrected chi connectivity index (χ4v) is 2.75. The van der Waals surface area contributed by atoms with E-state index in [1.54, 1.807) is 18.2 Å². The topological polar surface area (TPSA) is 54.4 Å². The predicted octanol–water partition coefficient (Wildman–Crippen LogP) is 4.39. The van der Waals surface area contributed by atoms with E-state index in [0.717, 1.165) is 21.9 Å². The third-order valence-corrected chi connectivity index (χ3v) is 4.14. The highest BCUT2D eigenvalue weighted by Crippen LogP contribution is 2.24. The van der Waals surface area contributed by atoms with Gasteiger partial charge in [0.2, 0.25) is 0 Å². The maximum Gasteiger partial charge on any atom is 0.336 e. The fourth-order valence-electron chi connectivity index (χ4n) is 2.75. The summed E-state index contributed by atoms with van der Waals surface area (Å²) in [5, 5.41) is 11.2. The quantitative estimate of drug-likeness (QED) is 0.730. The van der Waals surface area contributed by atoms with Crippen molar-refractivity contribution in [2.24, 2.45) is 0 Å². The molecule has 3 aromatic carbocycles. The van der Waals surface area contributed by atoms with Crippen LogP contribution in [0.15, 0.2) is 54.6 Å². The summed E-state index contributed by atoms with van der Waals surface area (Å²) in [4.78, 5) is 24.5. The van der Waals surface area contributed by atoms with Gasteiger partial charge in [-0.05, 0) is 47.9 Å². The molecule has 0 heterocycles. The Hall–Kier alpha value is -2.94.